The Labute approximate surface area is 195 Å². The number of amidine groups is 1. The maximum atomic E-state index is 13.4. The fourth-order valence-corrected chi connectivity index (χ4v) is 4.52. The molecule has 7 heteroatoms. The molecule has 0 unspecified atom stereocenters. The quantitative estimate of drug-likeness (QED) is 0.433. The maximum Gasteiger partial charge on any atom is 0.271 e. The molecule has 5 nitrogen and oxygen atoms in total. The van der Waals surface area contributed by atoms with Gasteiger partial charge in [-0.05, 0) is 78.9 Å². The van der Waals surface area contributed by atoms with E-state index in [0.29, 0.717) is 45.5 Å². The summed E-state index contributed by atoms with van der Waals surface area (Å²) in [7, 11) is 0. The fraction of sp³-hybridized carbons (Fsp3) is 0.120. The largest absolute Gasteiger partial charge is 0.486 e. The minimum atomic E-state index is -0.141. The molecule has 2 aliphatic heterocycles. The van der Waals surface area contributed by atoms with E-state index in [1.807, 2.05) is 67.6 Å². The molecule has 3 aromatic rings. The standard InChI is InChI=1S/C25H19ClN2O3S/c1-16-2-7-19(8-3-16)27-25-28(20-9-5-18(26)6-10-20)24(29)23(32-25)15-17-4-11-21-22(14-17)31-13-12-30-21/h2-11,14-15H,12-13H2,1H3/b23-15-,27-25?. The summed E-state index contributed by atoms with van der Waals surface area (Å²) >= 11 is 7.40. The Hall–Kier alpha value is -3.22. The summed E-state index contributed by atoms with van der Waals surface area (Å²) in [4.78, 5) is 20.4. The van der Waals surface area contributed by atoms with Gasteiger partial charge in [0.1, 0.15) is 13.2 Å². The Morgan fingerprint density at radius 1 is 0.969 bits per heavy atom. The number of aryl methyl sites for hydroxylation is 1. The third kappa shape index (κ3) is 4.24. The molecule has 1 amide bonds. The second-order valence-electron chi connectivity index (χ2n) is 7.36. The third-order valence-electron chi connectivity index (χ3n) is 5.01. The molecule has 0 N–H and O–H groups in total. The molecule has 32 heavy (non-hydrogen) atoms. The number of halogens is 1. The first kappa shape index (κ1) is 20.7. The molecule has 5 rings (SSSR count). The van der Waals surface area contributed by atoms with Crippen molar-refractivity contribution in [2.24, 2.45) is 4.99 Å². The lowest BCUT2D eigenvalue weighted by atomic mass is 10.1. The van der Waals surface area contributed by atoms with Crippen LogP contribution in [-0.2, 0) is 4.79 Å². The minimum absolute atomic E-state index is 0.141. The number of thioether (sulfide) groups is 1. The molecule has 1 fully saturated rings. The van der Waals surface area contributed by atoms with Crippen LogP contribution in [0.2, 0.25) is 5.02 Å². The van der Waals surface area contributed by atoms with E-state index in [1.54, 1.807) is 17.0 Å². The van der Waals surface area contributed by atoms with Gasteiger partial charge in [-0.25, -0.2) is 4.99 Å². The fourth-order valence-electron chi connectivity index (χ4n) is 3.40. The maximum absolute atomic E-state index is 13.4. The van der Waals surface area contributed by atoms with Crippen LogP contribution in [-0.4, -0.2) is 24.3 Å². The second kappa shape index (κ2) is 8.73. The minimum Gasteiger partial charge on any atom is -0.486 e. The number of carbonyl (C=O) groups is 1. The van der Waals surface area contributed by atoms with Crippen LogP contribution in [0.1, 0.15) is 11.1 Å². The van der Waals surface area contributed by atoms with E-state index < -0.39 is 0 Å². The topological polar surface area (TPSA) is 51.1 Å². The van der Waals surface area contributed by atoms with Crippen molar-refractivity contribution >= 4 is 51.9 Å². The van der Waals surface area contributed by atoms with Gasteiger partial charge in [-0.15, -0.1) is 0 Å². The molecular weight excluding hydrogens is 444 g/mol. The molecular formula is C25H19ClN2O3S. The zero-order valence-corrected chi connectivity index (χ0v) is 18.8. The predicted octanol–water partition coefficient (Wildman–Crippen LogP) is 6.23. The van der Waals surface area contributed by atoms with Gasteiger partial charge < -0.3 is 9.47 Å². The van der Waals surface area contributed by atoms with Crippen molar-refractivity contribution in [1.29, 1.82) is 0 Å². The van der Waals surface area contributed by atoms with Crippen molar-refractivity contribution in [3.8, 4) is 11.5 Å². The summed E-state index contributed by atoms with van der Waals surface area (Å²) in [5.74, 6) is 1.26. The molecule has 0 aromatic heterocycles. The highest BCUT2D eigenvalue weighted by Gasteiger charge is 2.34. The highest BCUT2D eigenvalue weighted by atomic mass is 35.5. The normalized spacial score (nSPS) is 17.9. The van der Waals surface area contributed by atoms with Gasteiger partial charge >= 0.3 is 0 Å². The molecule has 3 aromatic carbocycles. The van der Waals surface area contributed by atoms with Gasteiger partial charge in [0.05, 0.1) is 16.3 Å². The molecule has 2 aliphatic rings. The molecule has 0 bridgehead atoms. The average Bonchev–Trinajstić information content (AvgIpc) is 3.10. The predicted molar refractivity (Wildman–Crippen MR) is 130 cm³/mol. The van der Waals surface area contributed by atoms with Crippen LogP contribution in [0.4, 0.5) is 11.4 Å². The highest BCUT2D eigenvalue weighted by molar-refractivity contribution is 8.19. The number of fused-ring (bicyclic) bond motifs is 1. The number of benzene rings is 3. The first-order valence-electron chi connectivity index (χ1n) is 10.1. The lowest BCUT2D eigenvalue weighted by Crippen LogP contribution is -2.28. The van der Waals surface area contributed by atoms with Crippen molar-refractivity contribution in [3.63, 3.8) is 0 Å². The number of hydrogen-bond acceptors (Lipinski definition) is 5. The van der Waals surface area contributed by atoms with Crippen LogP contribution < -0.4 is 14.4 Å². The summed E-state index contributed by atoms with van der Waals surface area (Å²) in [5.41, 5.74) is 3.50. The van der Waals surface area contributed by atoms with E-state index in [9.17, 15) is 4.79 Å². The number of hydrogen-bond donors (Lipinski definition) is 0. The average molecular weight is 463 g/mol. The first-order chi connectivity index (χ1) is 15.6. The molecule has 0 spiro atoms. The highest BCUT2D eigenvalue weighted by Crippen LogP contribution is 2.39. The number of anilines is 1. The van der Waals surface area contributed by atoms with Gasteiger partial charge in [0.2, 0.25) is 0 Å². The summed E-state index contributed by atoms with van der Waals surface area (Å²) in [6.07, 6.45) is 1.85. The Kier molecular flexibility index (Phi) is 5.64. The van der Waals surface area contributed by atoms with Crippen LogP contribution in [0.3, 0.4) is 0 Å². The Morgan fingerprint density at radius 3 is 2.44 bits per heavy atom. The molecule has 160 valence electrons. The van der Waals surface area contributed by atoms with Crippen LogP contribution in [0.5, 0.6) is 11.5 Å². The first-order valence-corrected chi connectivity index (χ1v) is 11.3. The SMILES string of the molecule is Cc1ccc(N=C2S/C(=C\c3ccc4c(c3)OCCO4)C(=O)N2c2ccc(Cl)cc2)cc1. The number of aliphatic imine (C=N–C) groups is 1. The summed E-state index contributed by atoms with van der Waals surface area (Å²) < 4.78 is 11.3. The van der Waals surface area contributed by atoms with Gasteiger partial charge in [-0.1, -0.05) is 35.4 Å². The Balaban J connectivity index is 1.53. The van der Waals surface area contributed by atoms with Gasteiger partial charge in [0.15, 0.2) is 16.7 Å². The van der Waals surface area contributed by atoms with Gasteiger partial charge in [-0.2, -0.15) is 0 Å². The van der Waals surface area contributed by atoms with Crippen LogP contribution in [0.25, 0.3) is 6.08 Å². The van der Waals surface area contributed by atoms with Crippen molar-refractivity contribution in [1.82, 2.24) is 0 Å². The van der Waals surface area contributed by atoms with Crippen molar-refractivity contribution in [2.45, 2.75) is 6.92 Å². The van der Waals surface area contributed by atoms with Gasteiger partial charge in [-0.3, -0.25) is 9.69 Å². The molecule has 0 atom stereocenters. The van der Waals surface area contributed by atoms with Crippen LogP contribution in [0.15, 0.2) is 76.6 Å². The summed E-state index contributed by atoms with van der Waals surface area (Å²) in [6.45, 7) is 3.08. The van der Waals surface area contributed by atoms with Crippen molar-refractivity contribution in [3.05, 3.63) is 87.8 Å². The summed E-state index contributed by atoms with van der Waals surface area (Å²) in [5, 5.41) is 1.20. The molecule has 0 aliphatic carbocycles. The number of ether oxygens (including phenoxy) is 2. The van der Waals surface area contributed by atoms with E-state index in [0.717, 1.165) is 16.8 Å². The van der Waals surface area contributed by atoms with E-state index >= 15 is 0 Å². The van der Waals surface area contributed by atoms with E-state index in [2.05, 4.69) is 0 Å². The number of rotatable bonds is 3. The van der Waals surface area contributed by atoms with Crippen molar-refractivity contribution in [2.75, 3.05) is 18.1 Å². The van der Waals surface area contributed by atoms with E-state index in [-0.39, 0.29) is 5.91 Å². The molecule has 0 radical (unpaired) electrons. The molecule has 1 saturated heterocycles. The van der Waals surface area contributed by atoms with Gasteiger partial charge in [0.25, 0.3) is 5.91 Å². The number of nitrogens with zero attached hydrogens (tertiary/aromatic N) is 2. The smallest absolute Gasteiger partial charge is 0.271 e. The summed E-state index contributed by atoms with van der Waals surface area (Å²) in [6, 6.07) is 20.7. The second-order valence-corrected chi connectivity index (χ2v) is 8.81. The third-order valence-corrected chi connectivity index (χ3v) is 6.23. The van der Waals surface area contributed by atoms with Crippen LogP contribution in [0, 0.1) is 6.92 Å². The molecule has 2 heterocycles. The van der Waals surface area contributed by atoms with E-state index in [4.69, 9.17) is 26.1 Å². The zero-order valence-electron chi connectivity index (χ0n) is 17.2. The van der Waals surface area contributed by atoms with Crippen molar-refractivity contribution < 1.29 is 14.3 Å². The number of carbonyl (C=O) groups excluding carboxylic acids is 1. The van der Waals surface area contributed by atoms with E-state index in [1.165, 1.54) is 11.8 Å². The zero-order chi connectivity index (χ0) is 22.1. The lowest BCUT2D eigenvalue weighted by molar-refractivity contribution is -0.113. The van der Waals surface area contributed by atoms with Gasteiger partial charge in [0, 0.05) is 5.02 Å². The number of amides is 1. The monoisotopic (exact) mass is 462 g/mol. The molecule has 0 saturated carbocycles. The lowest BCUT2D eigenvalue weighted by Gasteiger charge is -2.18. The Bertz CT molecular complexity index is 1240. The Morgan fingerprint density at radius 2 is 1.69 bits per heavy atom. The van der Waals surface area contributed by atoms with Crippen LogP contribution >= 0.6 is 23.4 Å².